The van der Waals surface area contributed by atoms with E-state index in [1.807, 2.05) is 20.0 Å². The Labute approximate surface area is 186 Å². The van der Waals surface area contributed by atoms with Gasteiger partial charge in [0.1, 0.15) is 11.7 Å². The zero-order valence-electron chi connectivity index (χ0n) is 16.7. The van der Waals surface area contributed by atoms with Crippen molar-refractivity contribution in [2.75, 3.05) is 5.32 Å². The lowest BCUT2D eigenvalue weighted by molar-refractivity contribution is 0.0378. The van der Waals surface area contributed by atoms with Gasteiger partial charge < -0.3 is 10.1 Å². The first-order valence-corrected chi connectivity index (χ1v) is 11.4. The van der Waals surface area contributed by atoms with Gasteiger partial charge in [0, 0.05) is 17.3 Å². The average Bonchev–Trinajstić information content (AvgIpc) is 3.39. The topological polar surface area (TPSA) is 91.0 Å². The molecule has 1 aliphatic carbocycles. The number of amides is 1. The summed E-state index contributed by atoms with van der Waals surface area (Å²) in [6.45, 7) is 4.03. The van der Waals surface area contributed by atoms with Crippen LogP contribution in [0.4, 0.5) is 5.00 Å². The monoisotopic (exact) mass is 491 g/mol. The van der Waals surface area contributed by atoms with E-state index in [9.17, 15) is 9.59 Å². The Morgan fingerprint density at radius 2 is 2.10 bits per heavy atom. The Hall–Kier alpha value is -2.46. The van der Waals surface area contributed by atoms with Crippen LogP contribution in [0, 0.1) is 0 Å². The number of esters is 1. The van der Waals surface area contributed by atoms with Gasteiger partial charge in [-0.05, 0) is 67.1 Å². The lowest BCUT2D eigenvalue weighted by atomic mass is 9.95. The highest BCUT2D eigenvalue weighted by Crippen LogP contribution is 2.39. The van der Waals surface area contributed by atoms with Gasteiger partial charge in [0.2, 0.25) is 0 Å². The molecule has 4 rings (SSSR count). The third kappa shape index (κ3) is 4.49. The highest BCUT2D eigenvalue weighted by molar-refractivity contribution is 9.10. The minimum atomic E-state index is -0.380. The molecule has 10 heteroatoms. The maximum Gasteiger partial charge on any atom is 0.341 e. The van der Waals surface area contributed by atoms with Gasteiger partial charge in [0.15, 0.2) is 5.69 Å². The molecule has 0 bridgehead atoms. The zero-order chi connectivity index (χ0) is 21.3. The number of carbonyl (C=O) groups is 2. The van der Waals surface area contributed by atoms with Gasteiger partial charge in [0.05, 0.1) is 22.3 Å². The van der Waals surface area contributed by atoms with Crippen molar-refractivity contribution < 1.29 is 14.3 Å². The van der Waals surface area contributed by atoms with E-state index in [0.717, 1.165) is 40.6 Å². The second kappa shape index (κ2) is 8.73. The molecule has 0 saturated carbocycles. The molecule has 0 radical (unpaired) electrons. The van der Waals surface area contributed by atoms with Crippen molar-refractivity contribution in [3.63, 3.8) is 0 Å². The minimum absolute atomic E-state index is 0.224. The minimum Gasteiger partial charge on any atom is -0.459 e. The highest BCUT2D eigenvalue weighted by atomic mass is 79.9. The first kappa shape index (κ1) is 20.8. The standard InChI is InChI=1S/C20H22BrN5O3S/c1-12(2)29-20(28)17-14-5-3-4-6-16(14)30-19(17)23-18(27)15-7-8-25(24-15)11-26-10-13(21)9-22-26/h7-10,12H,3-6,11H2,1-2H3,(H,23,27). The fraction of sp³-hybridized carbons (Fsp3) is 0.400. The quantitative estimate of drug-likeness (QED) is 0.524. The van der Waals surface area contributed by atoms with Gasteiger partial charge in [-0.3, -0.25) is 9.48 Å². The number of nitrogens with one attached hydrogen (secondary N) is 1. The van der Waals surface area contributed by atoms with Gasteiger partial charge >= 0.3 is 5.97 Å². The number of rotatable bonds is 6. The van der Waals surface area contributed by atoms with Crippen molar-refractivity contribution in [1.82, 2.24) is 19.6 Å². The second-order valence-corrected chi connectivity index (χ2v) is 9.42. The Morgan fingerprint density at radius 3 is 2.83 bits per heavy atom. The molecule has 0 spiro atoms. The van der Waals surface area contributed by atoms with E-state index in [1.54, 1.807) is 27.8 Å². The number of aryl methyl sites for hydroxylation is 1. The fourth-order valence-electron chi connectivity index (χ4n) is 3.44. The Bertz CT molecular complexity index is 1080. The molecule has 1 N–H and O–H groups in total. The summed E-state index contributed by atoms with van der Waals surface area (Å²) in [6, 6.07) is 1.65. The lowest BCUT2D eigenvalue weighted by Gasteiger charge is -2.14. The molecule has 0 unspecified atom stereocenters. The van der Waals surface area contributed by atoms with Crippen molar-refractivity contribution >= 4 is 44.1 Å². The first-order chi connectivity index (χ1) is 14.4. The van der Waals surface area contributed by atoms with Crippen LogP contribution in [0.3, 0.4) is 0 Å². The highest BCUT2D eigenvalue weighted by Gasteiger charge is 2.28. The van der Waals surface area contributed by atoms with Crippen LogP contribution < -0.4 is 5.32 Å². The third-order valence-electron chi connectivity index (χ3n) is 4.71. The molecule has 0 atom stereocenters. The van der Waals surface area contributed by atoms with Gasteiger partial charge in [-0.1, -0.05) is 0 Å². The molecule has 8 nitrogen and oxygen atoms in total. The van der Waals surface area contributed by atoms with E-state index >= 15 is 0 Å². The smallest absolute Gasteiger partial charge is 0.341 e. The molecule has 158 valence electrons. The molecule has 1 amide bonds. The number of nitrogens with zero attached hydrogens (tertiary/aromatic N) is 4. The summed E-state index contributed by atoms with van der Waals surface area (Å²) in [5.74, 6) is -0.734. The maximum atomic E-state index is 12.8. The van der Waals surface area contributed by atoms with Crippen LogP contribution in [0.15, 0.2) is 29.1 Å². The number of anilines is 1. The predicted octanol–water partition coefficient (Wildman–Crippen LogP) is 4.11. The molecule has 0 saturated heterocycles. The maximum absolute atomic E-state index is 12.8. The van der Waals surface area contributed by atoms with E-state index in [-0.39, 0.29) is 23.7 Å². The van der Waals surface area contributed by atoms with Crippen LogP contribution in [-0.4, -0.2) is 37.5 Å². The molecule has 3 aromatic rings. The van der Waals surface area contributed by atoms with E-state index in [4.69, 9.17) is 4.74 Å². The number of carbonyl (C=O) groups excluding carboxylic acids is 2. The number of halogens is 1. The van der Waals surface area contributed by atoms with Crippen LogP contribution in [0.25, 0.3) is 0 Å². The van der Waals surface area contributed by atoms with Crippen molar-refractivity contribution in [1.29, 1.82) is 0 Å². The summed E-state index contributed by atoms with van der Waals surface area (Å²) in [7, 11) is 0. The predicted molar refractivity (Wildman–Crippen MR) is 117 cm³/mol. The summed E-state index contributed by atoms with van der Waals surface area (Å²) >= 11 is 4.82. The number of ether oxygens (including phenoxy) is 1. The molecule has 0 fully saturated rings. The average molecular weight is 492 g/mol. The summed E-state index contributed by atoms with van der Waals surface area (Å²) in [6.07, 6.45) is 8.89. The van der Waals surface area contributed by atoms with Gasteiger partial charge in [-0.25, -0.2) is 9.48 Å². The van der Waals surface area contributed by atoms with Gasteiger partial charge in [-0.2, -0.15) is 10.2 Å². The summed E-state index contributed by atoms with van der Waals surface area (Å²) in [5, 5.41) is 12.0. The zero-order valence-corrected chi connectivity index (χ0v) is 19.1. The second-order valence-electron chi connectivity index (χ2n) is 7.40. The third-order valence-corrected chi connectivity index (χ3v) is 6.33. The summed E-state index contributed by atoms with van der Waals surface area (Å²) in [4.78, 5) is 26.7. The van der Waals surface area contributed by atoms with Crippen molar-refractivity contribution in [2.24, 2.45) is 0 Å². The molecule has 0 aliphatic heterocycles. The molecular formula is C20H22BrN5O3S. The van der Waals surface area contributed by atoms with E-state index in [1.165, 1.54) is 11.3 Å². The number of aromatic nitrogens is 4. The van der Waals surface area contributed by atoms with Crippen LogP contribution in [0.1, 0.15) is 58.0 Å². The Morgan fingerprint density at radius 1 is 1.30 bits per heavy atom. The van der Waals surface area contributed by atoms with Crippen molar-refractivity contribution in [3.05, 3.63) is 50.8 Å². The first-order valence-electron chi connectivity index (χ1n) is 9.79. The fourth-order valence-corrected chi connectivity index (χ4v) is 5.04. The van der Waals surface area contributed by atoms with Gasteiger partial charge in [-0.15, -0.1) is 11.3 Å². The molecular weight excluding hydrogens is 470 g/mol. The van der Waals surface area contributed by atoms with E-state index in [0.29, 0.717) is 17.2 Å². The van der Waals surface area contributed by atoms with Crippen LogP contribution in [-0.2, 0) is 24.2 Å². The molecule has 3 heterocycles. The van der Waals surface area contributed by atoms with E-state index in [2.05, 4.69) is 31.4 Å². The molecule has 3 aromatic heterocycles. The number of fused-ring (bicyclic) bond motifs is 1. The SMILES string of the molecule is CC(C)OC(=O)c1c(NC(=O)c2ccn(Cn3cc(Br)cn3)n2)sc2c1CCCC2. The Balaban J connectivity index is 1.54. The Kier molecular flexibility index (Phi) is 6.05. The summed E-state index contributed by atoms with van der Waals surface area (Å²) in [5.41, 5.74) is 1.79. The number of hydrogen-bond acceptors (Lipinski definition) is 6. The number of hydrogen-bond donors (Lipinski definition) is 1. The number of thiophene rings is 1. The molecule has 1 aliphatic rings. The van der Waals surface area contributed by atoms with Crippen LogP contribution in [0.5, 0.6) is 0 Å². The van der Waals surface area contributed by atoms with Gasteiger partial charge in [0.25, 0.3) is 5.91 Å². The normalized spacial score (nSPS) is 13.3. The van der Waals surface area contributed by atoms with E-state index < -0.39 is 0 Å². The van der Waals surface area contributed by atoms with Crippen LogP contribution >= 0.6 is 27.3 Å². The lowest BCUT2D eigenvalue weighted by Crippen LogP contribution is -2.18. The molecule has 0 aromatic carbocycles. The largest absolute Gasteiger partial charge is 0.459 e. The molecule has 30 heavy (non-hydrogen) atoms. The van der Waals surface area contributed by atoms with Crippen LogP contribution in [0.2, 0.25) is 0 Å². The summed E-state index contributed by atoms with van der Waals surface area (Å²) < 4.78 is 9.64. The van der Waals surface area contributed by atoms with Crippen molar-refractivity contribution in [2.45, 2.75) is 52.3 Å². The van der Waals surface area contributed by atoms with Crippen molar-refractivity contribution in [3.8, 4) is 0 Å².